The Kier molecular flexibility index (Phi) is 4.76. The van der Waals surface area contributed by atoms with Crippen LogP contribution in [-0.2, 0) is 0 Å². The molecule has 0 bridgehead atoms. The molecular formula is C11H12BrN2OS-. The van der Waals surface area contributed by atoms with Gasteiger partial charge in [0.2, 0.25) is 0 Å². The molecule has 0 aliphatic heterocycles. The first kappa shape index (κ1) is 13.0. The van der Waals surface area contributed by atoms with E-state index in [1.165, 1.54) is 11.3 Å². The molecule has 0 unspecified atom stereocenters. The van der Waals surface area contributed by atoms with Crippen LogP contribution in [0, 0.1) is 0 Å². The molecule has 16 heavy (non-hydrogen) atoms. The summed E-state index contributed by atoms with van der Waals surface area (Å²) < 4.78 is 5.36. The summed E-state index contributed by atoms with van der Waals surface area (Å²) in [7, 11) is 0. The fourth-order valence-corrected chi connectivity index (χ4v) is 1.88. The van der Waals surface area contributed by atoms with Gasteiger partial charge >= 0.3 is 0 Å². The molecule has 0 fully saturated rings. The van der Waals surface area contributed by atoms with Crippen LogP contribution in [0.4, 0.5) is 5.13 Å². The second-order valence-corrected chi connectivity index (χ2v) is 3.92. The fourth-order valence-electron chi connectivity index (χ4n) is 1.31. The van der Waals surface area contributed by atoms with Gasteiger partial charge in [-0.1, -0.05) is 0 Å². The lowest BCUT2D eigenvalue weighted by Crippen LogP contribution is -3.00. The number of hydrogen-bond acceptors (Lipinski definition) is 4. The van der Waals surface area contributed by atoms with E-state index in [-0.39, 0.29) is 17.0 Å². The van der Waals surface area contributed by atoms with Gasteiger partial charge < -0.3 is 27.5 Å². The highest BCUT2D eigenvalue weighted by molar-refractivity contribution is 7.13. The van der Waals surface area contributed by atoms with Gasteiger partial charge in [-0.15, -0.1) is 11.3 Å². The largest absolute Gasteiger partial charge is 1.00 e. The van der Waals surface area contributed by atoms with Crippen molar-refractivity contribution in [1.29, 1.82) is 0 Å². The summed E-state index contributed by atoms with van der Waals surface area (Å²) in [4.78, 5) is 4.21. The molecule has 5 heteroatoms. The first-order chi connectivity index (χ1) is 7.29. The van der Waals surface area contributed by atoms with Crippen molar-refractivity contribution in [2.75, 3.05) is 12.3 Å². The molecule has 1 aromatic heterocycles. The Balaban J connectivity index is 0.00000128. The summed E-state index contributed by atoms with van der Waals surface area (Å²) in [5, 5.41) is 2.55. The first-order valence-electron chi connectivity index (χ1n) is 4.74. The number of ether oxygens (including phenoxy) is 1. The zero-order chi connectivity index (χ0) is 10.7. The van der Waals surface area contributed by atoms with E-state index in [9.17, 15) is 0 Å². The van der Waals surface area contributed by atoms with Gasteiger partial charge in [0.05, 0.1) is 12.3 Å². The van der Waals surface area contributed by atoms with Crippen LogP contribution in [0.1, 0.15) is 6.92 Å². The molecule has 2 N–H and O–H groups in total. The maximum atomic E-state index is 5.58. The van der Waals surface area contributed by atoms with E-state index in [4.69, 9.17) is 10.5 Å². The van der Waals surface area contributed by atoms with Crippen LogP contribution in [-0.4, -0.2) is 11.6 Å². The fraction of sp³-hybridized carbons (Fsp3) is 0.182. The third kappa shape index (κ3) is 2.96. The van der Waals surface area contributed by atoms with Gasteiger partial charge in [-0.05, 0) is 31.2 Å². The number of rotatable bonds is 3. The second-order valence-electron chi connectivity index (χ2n) is 3.03. The van der Waals surface area contributed by atoms with Crippen LogP contribution in [0.5, 0.6) is 5.75 Å². The topological polar surface area (TPSA) is 48.1 Å². The van der Waals surface area contributed by atoms with E-state index in [1.807, 2.05) is 36.6 Å². The third-order valence-electron chi connectivity index (χ3n) is 1.98. The smallest absolute Gasteiger partial charge is 0.180 e. The van der Waals surface area contributed by atoms with Crippen molar-refractivity contribution >= 4 is 16.5 Å². The Hall–Kier alpha value is -1.07. The molecule has 0 atom stereocenters. The summed E-state index contributed by atoms with van der Waals surface area (Å²) in [5.41, 5.74) is 7.55. The van der Waals surface area contributed by atoms with Crippen LogP contribution in [0.15, 0.2) is 29.6 Å². The predicted octanol–water partition coefficient (Wildman–Crippen LogP) is -0.205. The number of hydrogen-bond donors (Lipinski definition) is 1. The van der Waals surface area contributed by atoms with Gasteiger partial charge in [-0.2, -0.15) is 0 Å². The van der Waals surface area contributed by atoms with Crippen LogP contribution in [0.25, 0.3) is 11.3 Å². The van der Waals surface area contributed by atoms with Crippen molar-refractivity contribution in [2.24, 2.45) is 0 Å². The molecule has 0 amide bonds. The van der Waals surface area contributed by atoms with Gasteiger partial charge in [-0.3, -0.25) is 0 Å². The summed E-state index contributed by atoms with van der Waals surface area (Å²) in [6.45, 7) is 2.65. The summed E-state index contributed by atoms with van der Waals surface area (Å²) in [6.07, 6.45) is 0. The second kappa shape index (κ2) is 5.86. The molecule has 1 heterocycles. The molecule has 0 radical (unpaired) electrons. The molecular weight excluding hydrogens is 288 g/mol. The molecule has 0 saturated carbocycles. The van der Waals surface area contributed by atoms with Gasteiger partial charge in [-0.25, -0.2) is 4.98 Å². The lowest BCUT2D eigenvalue weighted by molar-refractivity contribution is -0.00000364. The maximum Gasteiger partial charge on any atom is 0.180 e. The quantitative estimate of drug-likeness (QED) is 0.854. The maximum absolute atomic E-state index is 5.58. The molecule has 0 aliphatic rings. The normalized spacial score (nSPS) is 9.56. The Morgan fingerprint density at radius 2 is 2.00 bits per heavy atom. The number of benzene rings is 1. The van der Waals surface area contributed by atoms with Gasteiger partial charge in [0.15, 0.2) is 5.13 Å². The van der Waals surface area contributed by atoms with Gasteiger partial charge in [0.1, 0.15) is 5.75 Å². The minimum Gasteiger partial charge on any atom is -1.00 e. The molecule has 3 nitrogen and oxygen atoms in total. The SMILES string of the molecule is CCOc1ccc(-c2csc(N)n2)cc1.[Br-]. The van der Waals surface area contributed by atoms with E-state index >= 15 is 0 Å². The number of halogens is 1. The van der Waals surface area contributed by atoms with Crippen LogP contribution in [0.2, 0.25) is 0 Å². The number of anilines is 1. The molecule has 0 saturated heterocycles. The Bertz CT molecular complexity index is 442. The van der Waals surface area contributed by atoms with E-state index in [0.717, 1.165) is 17.0 Å². The van der Waals surface area contributed by atoms with Crippen molar-refractivity contribution in [2.45, 2.75) is 6.92 Å². The number of nitrogen functional groups attached to an aromatic ring is 1. The van der Waals surface area contributed by atoms with Crippen LogP contribution >= 0.6 is 11.3 Å². The number of aromatic nitrogens is 1. The highest BCUT2D eigenvalue weighted by Gasteiger charge is 2.02. The highest BCUT2D eigenvalue weighted by Crippen LogP contribution is 2.24. The van der Waals surface area contributed by atoms with Crippen LogP contribution in [0.3, 0.4) is 0 Å². The van der Waals surface area contributed by atoms with Crippen LogP contribution < -0.4 is 27.5 Å². The molecule has 2 rings (SSSR count). The monoisotopic (exact) mass is 299 g/mol. The minimum absolute atomic E-state index is 0. The molecule has 2 aromatic rings. The van der Waals surface area contributed by atoms with Crippen molar-refractivity contribution in [3.63, 3.8) is 0 Å². The average molecular weight is 300 g/mol. The van der Waals surface area contributed by atoms with Crippen molar-refractivity contribution < 1.29 is 21.7 Å². The number of nitrogens with two attached hydrogens (primary N) is 1. The van der Waals surface area contributed by atoms with E-state index < -0.39 is 0 Å². The Morgan fingerprint density at radius 3 is 2.50 bits per heavy atom. The third-order valence-corrected chi connectivity index (χ3v) is 2.66. The predicted molar refractivity (Wildman–Crippen MR) is 63.1 cm³/mol. The lowest BCUT2D eigenvalue weighted by Gasteiger charge is -2.02. The summed E-state index contributed by atoms with van der Waals surface area (Å²) in [6, 6.07) is 7.85. The van der Waals surface area contributed by atoms with Crippen molar-refractivity contribution in [3.05, 3.63) is 29.6 Å². The molecule has 1 aromatic carbocycles. The van der Waals surface area contributed by atoms with Gasteiger partial charge in [0.25, 0.3) is 0 Å². The molecule has 86 valence electrons. The standard InChI is InChI=1S/C11H12N2OS.BrH/c1-2-14-9-5-3-8(4-6-9)10-7-15-11(12)13-10;/h3-7H,2H2,1H3,(H2,12,13);1H/p-1. The summed E-state index contributed by atoms with van der Waals surface area (Å²) >= 11 is 1.45. The van der Waals surface area contributed by atoms with Gasteiger partial charge in [0, 0.05) is 10.9 Å². The van der Waals surface area contributed by atoms with E-state index in [2.05, 4.69) is 4.98 Å². The minimum atomic E-state index is 0. The van der Waals surface area contributed by atoms with Crippen molar-refractivity contribution in [3.8, 4) is 17.0 Å². The highest BCUT2D eigenvalue weighted by atomic mass is 79.9. The van der Waals surface area contributed by atoms with E-state index in [0.29, 0.717) is 11.7 Å². The average Bonchev–Trinajstić information content (AvgIpc) is 2.67. The number of thiazole rings is 1. The lowest BCUT2D eigenvalue weighted by atomic mass is 10.2. The first-order valence-corrected chi connectivity index (χ1v) is 5.62. The molecule has 0 spiro atoms. The molecule has 0 aliphatic carbocycles. The number of nitrogens with zero attached hydrogens (tertiary/aromatic N) is 1. The Morgan fingerprint density at radius 1 is 1.31 bits per heavy atom. The summed E-state index contributed by atoms with van der Waals surface area (Å²) in [5.74, 6) is 0.879. The zero-order valence-corrected chi connectivity index (χ0v) is 11.2. The van der Waals surface area contributed by atoms with E-state index in [1.54, 1.807) is 0 Å². The Labute approximate surface area is 109 Å². The zero-order valence-electron chi connectivity index (χ0n) is 8.81. The van der Waals surface area contributed by atoms with Crippen molar-refractivity contribution in [1.82, 2.24) is 4.98 Å².